The molecule has 0 unspecified atom stereocenters. The molecule has 0 bridgehead atoms. The van der Waals surface area contributed by atoms with Gasteiger partial charge in [-0.2, -0.15) is 15.4 Å². The standard InChI is InChI=1S/C5H4N6OS/c12-4(3-1-6-11-9-3)8-5-10-7-2-13-5/h1-2H,(H,6,9,11)(H,8,10,12). The van der Waals surface area contributed by atoms with Gasteiger partial charge in [-0.25, -0.2) is 0 Å². The molecule has 2 N–H and O–H groups in total. The van der Waals surface area contributed by atoms with Gasteiger partial charge < -0.3 is 0 Å². The largest absolute Gasteiger partial charge is 0.295 e. The van der Waals surface area contributed by atoms with Gasteiger partial charge in [0.25, 0.3) is 5.91 Å². The number of carbonyl (C=O) groups is 1. The normalized spacial score (nSPS) is 9.85. The number of rotatable bonds is 2. The number of aromatic amines is 1. The molecule has 0 aromatic carbocycles. The molecule has 8 heteroatoms. The number of nitrogens with zero attached hydrogens (tertiary/aromatic N) is 4. The summed E-state index contributed by atoms with van der Waals surface area (Å²) in [5.41, 5.74) is 1.74. The molecule has 1 amide bonds. The van der Waals surface area contributed by atoms with Gasteiger partial charge >= 0.3 is 0 Å². The van der Waals surface area contributed by atoms with E-state index in [4.69, 9.17) is 0 Å². The summed E-state index contributed by atoms with van der Waals surface area (Å²) in [6, 6.07) is 0. The van der Waals surface area contributed by atoms with Crippen LogP contribution in [0.2, 0.25) is 0 Å². The summed E-state index contributed by atoms with van der Waals surface area (Å²) in [5.74, 6) is -0.356. The summed E-state index contributed by atoms with van der Waals surface area (Å²) in [7, 11) is 0. The summed E-state index contributed by atoms with van der Waals surface area (Å²) in [5, 5.41) is 19.6. The molecule has 0 aliphatic carbocycles. The molecule has 0 radical (unpaired) electrons. The predicted octanol–water partition coefficient (Wildman–Crippen LogP) is -0.0915. The Balaban J connectivity index is 2.08. The van der Waals surface area contributed by atoms with Crippen molar-refractivity contribution in [2.24, 2.45) is 0 Å². The van der Waals surface area contributed by atoms with E-state index in [0.717, 1.165) is 0 Å². The van der Waals surface area contributed by atoms with Crippen LogP contribution in [0.4, 0.5) is 5.13 Å². The third-order valence-corrected chi connectivity index (χ3v) is 1.83. The number of hydrogen-bond donors (Lipinski definition) is 2. The Labute approximate surface area is 76.2 Å². The number of aromatic nitrogens is 5. The van der Waals surface area contributed by atoms with Gasteiger partial charge in [0.15, 0.2) is 5.69 Å². The van der Waals surface area contributed by atoms with Crippen molar-refractivity contribution in [3.63, 3.8) is 0 Å². The fourth-order valence-corrected chi connectivity index (χ4v) is 1.14. The van der Waals surface area contributed by atoms with Gasteiger partial charge in [0.1, 0.15) is 5.51 Å². The fourth-order valence-electron chi connectivity index (χ4n) is 0.700. The Bertz CT molecular complexity index is 381. The third-order valence-electron chi connectivity index (χ3n) is 1.23. The number of nitrogens with one attached hydrogen (secondary N) is 2. The zero-order chi connectivity index (χ0) is 9.10. The Kier molecular flexibility index (Phi) is 1.96. The molecular weight excluding hydrogens is 192 g/mol. The van der Waals surface area contributed by atoms with E-state index in [1.807, 2.05) is 0 Å². The lowest BCUT2D eigenvalue weighted by molar-refractivity contribution is 0.102. The highest BCUT2D eigenvalue weighted by Crippen LogP contribution is 2.08. The average Bonchev–Trinajstić information content (AvgIpc) is 2.74. The Hall–Kier alpha value is -1.83. The van der Waals surface area contributed by atoms with Gasteiger partial charge in [0, 0.05) is 0 Å². The molecule has 0 atom stereocenters. The minimum atomic E-state index is -0.356. The summed E-state index contributed by atoms with van der Waals surface area (Å²) in [6.45, 7) is 0. The zero-order valence-electron chi connectivity index (χ0n) is 6.26. The zero-order valence-corrected chi connectivity index (χ0v) is 7.08. The van der Waals surface area contributed by atoms with E-state index in [9.17, 15) is 4.79 Å². The number of amides is 1. The second-order valence-electron chi connectivity index (χ2n) is 2.05. The van der Waals surface area contributed by atoms with E-state index in [2.05, 4.69) is 30.9 Å². The Morgan fingerprint density at radius 1 is 1.62 bits per heavy atom. The minimum Gasteiger partial charge on any atom is -0.295 e. The molecule has 0 fully saturated rings. The number of anilines is 1. The first-order valence-corrected chi connectivity index (χ1v) is 4.17. The maximum atomic E-state index is 11.3. The molecule has 0 aliphatic heterocycles. The van der Waals surface area contributed by atoms with Crippen molar-refractivity contribution in [2.45, 2.75) is 0 Å². The van der Waals surface area contributed by atoms with Crippen LogP contribution in [-0.2, 0) is 0 Å². The van der Waals surface area contributed by atoms with Crippen LogP contribution in [-0.4, -0.2) is 31.5 Å². The first-order valence-electron chi connectivity index (χ1n) is 3.29. The van der Waals surface area contributed by atoms with Crippen LogP contribution in [0.25, 0.3) is 0 Å². The maximum absolute atomic E-state index is 11.3. The van der Waals surface area contributed by atoms with Crippen LogP contribution in [0.5, 0.6) is 0 Å². The van der Waals surface area contributed by atoms with Crippen molar-refractivity contribution < 1.29 is 4.79 Å². The van der Waals surface area contributed by atoms with E-state index >= 15 is 0 Å². The predicted molar refractivity (Wildman–Crippen MR) is 44.2 cm³/mol. The molecule has 0 spiro atoms. The molecule has 13 heavy (non-hydrogen) atoms. The molecule has 0 aliphatic rings. The molecule has 2 aromatic rings. The molecular formula is C5H4N6OS. The van der Waals surface area contributed by atoms with Gasteiger partial charge in [-0.1, -0.05) is 11.3 Å². The highest BCUT2D eigenvalue weighted by molar-refractivity contribution is 7.13. The van der Waals surface area contributed by atoms with Gasteiger partial charge in [-0.05, 0) is 0 Å². The molecule has 0 saturated heterocycles. The first kappa shape index (κ1) is 7.80. The second kappa shape index (κ2) is 3.27. The number of carbonyl (C=O) groups excluding carboxylic acids is 1. The van der Waals surface area contributed by atoms with Gasteiger partial charge in [-0.15, -0.1) is 10.2 Å². The lowest BCUT2D eigenvalue weighted by Gasteiger charge is -1.94. The van der Waals surface area contributed by atoms with Crippen LogP contribution >= 0.6 is 11.3 Å². The van der Waals surface area contributed by atoms with Crippen molar-refractivity contribution in [1.29, 1.82) is 0 Å². The fraction of sp³-hybridized carbons (Fsp3) is 0. The molecule has 2 heterocycles. The van der Waals surface area contributed by atoms with Crippen LogP contribution in [0, 0.1) is 0 Å². The number of H-pyrrole nitrogens is 1. The first-order chi connectivity index (χ1) is 6.36. The monoisotopic (exact) mass is 196 g/mol. The van der Waals surface area contributed by atoms with Crippen molar-refractivity contribution in [3.8, 4) is 0 Å². The van der Waals surface area contributed by atoms with E-state index in [1.165, 1.54) is 23.0 Å². The van der Waals surface area contributed by atoms with E-state index < -0.39 is 0 Å². The Morgan fingerprint density at radius 3 is 3.15 bits per heavy atom. The van der Waals surface area contributed by atoms with E-state index in [0.29, 0.717) is 5.13 Å². The molecule has 66 valence electrons. The molecule has 2 rings (SSSR count). The SMILES string of the molecule is O=C(Nc1nncs1)c1cn[nH]n1. The van der Waals surface area contributed by atoms with Crippen molar-refractivity contribution in [3.05, 3.63) is 17.4 Å². The maximum Gasteiger partial charge on any atom is 0.279 e. The average molecular weight is 196 g/mol. The van der Waals surface area contributed by atoms with Crippen molar-refractivity contribution >= 4 is 22.4 Å². The van der Waals surface area contributed by atoms with Gasteiger partial charge in [-0.3, -0.25) is 10.1 Å². The topological polar surface area (TPSA) is 96.5 Å². The summed E-state index contributed by atoms with van der Waals surface area (Å²) >= 11 is 1.24. The van der Waals surface area contributed by atoms with Gasteiger partial charge in [0.05, 0.1) is 6.20 Å². The van der Waals surface area contributed by atoms with Crippen LogP contribution in [0.3, 0.4) is 0 Å². The summed E-state index contributed by atoms with van der Waals surface area (Å²) in [4.78, 5) is 11.3. The molecule has 2 aromatic heterocycles. The van der Waals surface area contributed by atoms with E-state index in [-0.39, 0.29) is 11.6 Å². The highest BCUT2D eigenvalue weighted by Gasteiger charge is 2.09. The lowest BCUT2D eigenvalue weighted by Crippen LogP contribution is -2.12. The Morgan fingerprint density at radius 2 is 2.54 bits per heavy atom. The van der Waals surface area contributed by atoms with Crippen LogP contribution < -0.4 is 5.32 Å². The van der Waals surface area contributed by atoms with E-state index in [1.54, 1.807) is 0 Å². The number of hydrogen-bond acceptors (Lipinski definition) is 6. The third kappa shape index (κ3) is 1.67. The summed E-state index contributed by atoms with van der Waals surface area (Å²) < 4.78 is 0. The lowest BCUT2D eigenvalue weighted by atomic mass is 10.4. The molecule has 0 saturated carbocycles. The molecule has 7 nitrogen and oxygen atoms in total. The van der Waals surface area contributed by atoms with Crippen LogP contribution in [0.1, 0.15) is 10.5 Å². The quantitative estimate of drug-likeness (QED) is 0.699. The highest BCUT2D eigenvalue weighted by atomic mass is 32.1. The minimum absolute atomic E-state index is 0.218. The van der Waals surface area contributed by atoms with Gasteiger partial charge in [0.2, 0.25) is 5.13 Å². The van der Waals surface area contributed by atoms with Crippen molar-refractivity contribution in [2.75, 3.05) is 5.32 Å². The van der Waals surface area contributed by atoms with Crippen molar-refractivity contribution in [1.82, 2.24) is 25.6 Å². The second-order valence-corrected chi connectivity index (χ2v) is 2.89. The summed E-state index contributed by atoms with van der Waals surface area (Å²) in [6.07, 6.45) is 1.33. The van der Waals surface area contributed by atoms with Crippen LogP contribution in [0.15, 0.2) is 11.7 Å². The smallest absolute Gasteiger partial charge is 0.279 e.